The highest BCUT2D eigenvalue weighted by Gasteiger charge is 2.42. The highest BCUT2D eigenvalue weighted by molar-refractivity contribution is 6.06. The van der Waals surface area contributed by atoms with Crippen LogP contribution in [0.25, 0.3) is 0 Å². The molecular weight excluding hydrogens is 248 g/mol. The van der Waals surface area contributed by atoms with Gasteiger partial charge in [-0.3, -0.25) is 24.6 Å². The zero-order valence-electron chi connectivity index (χ0n) is 11.2. The Balaban J connectivity index is 1.88. The first-order valence-electron chi connectivity index (χ1n) is 6.88. The third kappa shape index (κ3) is 3.12. The molecule has 1 saturated carbocycles. The molecule has 0 aromatic heterocycles. The van der Waals surface area contributed by atoms with Crippen LogP contribution in [-0.2, 0) is 19.1 Å². The van der Waals surface area contributed by atoms with Crippen molar-refractivity contribution in [3.05, 3.63) is 0 Å². The van der Waals surface area contributed by atoms with E-state index in [0.717, 1.165) is 25.7 Å². The Hall–Kier alpha value is -1.43. The average molecular weight is 268 g/mol. The number of hydrogen-bond acceptors (Lipinski definition) is 5. The van der Waals surface area contributed by atoms with E-state index >= 15 is 0 Å². The first kappa shape index (κ1) is 14.0. The van der Waals surface area contributed by atoms with Crippen LogP contribution in [0.2, 0.25) is 0 Å². The minimum absolute atomic E-state index is 0.0317. The van der Waals surface area contributed by atoms with Crippen LogP contribution in [0.15, 0.2) is 0 Å². The molecule has 1 N–H and O–H groups in total. The molecule has 6 heteroatoms. The van der Waals surface area contributed by atoms with Gasteiger partial charge in [0.15, 0.2) is 0 Å². The number of ether oxygens (including phenoxy) is 1. The Morgan fingerprint density at radius 2 is 2.05 bits per heavy atom. The van der Waals surface area contributed by atoms with Crippen molar-refractivity contribution in [1.29, 1.82) is 0 Å². The smallest absolute Gasteiger partial charge is 0.319 e. The molecule has 0 aromatic rings. The van der Waals surface area contributed by atoms with Gasteiger partial charge in [0, 0.05) is 6.04 Å². The molecule has 1 atom stereocenters. The number of nitrogens with one attached hydrogen (secondary N) is 1. The number of amides is 2. The quantitative estimate of drug-likeness (QED) is 0.570. The van der Waals surface area contributed by atoms with Crippen LogP contribution in [0.3, 0.4) is 0 Å². The van der Waals surface area contributed by atoms with Crippen LogP contribution in [0.1, 0.15) is 39.0 Å². The van der Waals surface area contributed by atoms with E-state index in [1.807, 2.05) is 0 Å². The molecule has 0 aromatic carbocycles. The second-order valence-corrected chi connectivity index (χ2v) is 4.98. The predicted molar refractivity (Wildman–Crippen MR) is 67.1 cm³/mol. The van der Waals surface area contributed by atoms with E-state index in [-0.39, 0.29) is 30.8 Å². The van der Waals surface area contributed by atoms with Crippen molar-refractivity contribution in [2.24, 2.45) is 0 Å². The molecule has 0 bridgehead atoms. The van der Waals surface area contributed by atoms with Gasteiger partial charge in [-0.15, -0.1) is 0 Å². The lowest BCUT2D eigenvalue weighted by molar-refractivity contribution is -0.142. The van der Waals surface area contributed by atoms with Crippen LogP contribution in [0.5, 0.6) is 0 Å². The normalized spacial score (nSPS) is 24.3. The third-order valence-corrected chi connectivity index (χ3v) is 3.67. The highest BCUT2D eigenvalue weighted by Crippen LogP contribution is 2.28. The van der Waals surface area contributed by atoms with E-state index in [4.69, 9.17) is 4.74 Å². The molecule has 1 heterocycles. The Kier molecular flexibility index (Phi) is 4.52. The average Bonchev–Trinajstić information content (AvgIpc) is 2.96. The minimum Gasteiger partial charge on any atom is -0.465 e. The minimum atomic E-state index is -0.572. The van der Waals surface area contributed by atoms with Crippen LogP contribution in [-0.4, -0.2) is 47.9 Å². The number of esters is 1. The van der Waals surface area contributed by atoms with Gasteiger partial charge in [0.1, 0.15) is 0 Å². The van der Waals surface area contributed by atoms with Gasteiger partial charge in [-0.25, -0.2) is 0 Å². The summed E-state index contributed by atoms with van der Waals surface area (Å²) in [5.41, 5.74) is 0. The second-order valence-electron chi connectivity index (χ2n) is 4.98. The number of likely N-dealkylation sites (tertiary alicyclic amines) is 1. The lowest BCUT2D eigenvalue weighted by Gasteiger charge is -2.22. The number of rotatable bonds is 5. The van der Waals surface area contributed by atoms with E-state index < -0.39 is 12.0 Å². The van der Waals surface area contributed by atoms with Crippen molar-refractivity contribution in [2.45, 2.75) is 51.1 Å². The standard InChI is InChI=1S/C13H20N2O4/c1-2-19-12(17)8-14-10-7-11(16)15(13(10)18)9-5-3-4-6-9/h9-10,14H,2-8H2,1H3. The van der Waals surface area contributed by atoms with E-state index in [1.54, 1.807) is 6.92 Å². The monoisotopic (exact) mass is 268 g/mol. The third-order valence-electron chi connectivity index (χ3n) is 3.67. The molecule has 2 amide bonds. The molecule has 2 fully saturated rings. The molecule has 1 aliphatic carbocycles. The van der Waals surface area contributed by atoms with Gasteiger partial charge in [0.05, 0.1) is 25.6 Å². The molecule has 6 nitrogen and oxygen atoms in total. The Morgan fingerprint density at radius 3 is 2.68 bits per heavy atom. The predicted octanol–water partition coefficient (Wildman–Crippen LogP) is 0.209. The molecule has 0 radical (unpaired) electrons. The molecular formula is C13H20N2O4. The van der Waals surface area contributed by atoms with Crippen molar-refractivity contribution in [2.75, 3.05) is 13.2 Å². The fourth-order valence-electron chi connectivity index (χ4n) is 2.78. The largest absolute Gasteiger partial charge is 0.465 e. The maximum absolute atomic E-state index is 12.2. The van der Waals surface area contributed by atoms with Crippen molar-refractivity contribution in [3.63, 3.8) is 0 Å². The van der Waals surface area contributed by atoms with Crippen LogP contribution in [0, 0.1) is 0 Å². The maximum Gasteiger partial charge on any atom is 0.319 e. The fraction of sp³-hybridized carbons (Fsp3) is 0.769. The van der Waals surface area contributed by atoms with Crippen molar-refractivity contribution < 1.29 is 19.1 Å². The van der Waals surface area contributed by atoms with Gasteiger partial charge in [0.2, 0.25) is 11.8 Å². The van der Waals surface area contributed by atoms with Gasteiger partial charge in [-0.2, -0.15) is 0 Å². The summed E-state index contributed by atoms with van der Waals surface area (Å²) in [5.74, 6) is -0.721. The lowest BCUT2D eigenvalue weighted by Crippen LogP contribution is -2.44. The Morgan fingerprint density at radius 1 is 1.37 bits per heavy atom. The van der Waals surface area contributed by atoms with Gasteiger partial charge < -0.3 is 4.74 Å². The number of nitrogens with zero attached hydrogens (tertiary/aromatic N) is 1. The second kappa shape index (κ2) is 6.14. The SMILES string of the molecule is CCOC(=O)CNC1CC(=O)N(C2CCCC2)C1=O. The molecule has 106 valence electrons. The van der Waals surface area contributed by atoms with Gasteiger partial charge in [0.25, 0.3) is 0 Å². The van der Waals surface area contributed by atoms with Crippen molar-refractivity contribution in [1.82, 2.24) is 10.2 Å². The highest BCUT2D eigenvalue weighted by atomic mass is 16.5. The molecule has 2 rings (SSSR count). The summed E-state index contributed by atoms with van der Waals surface area (Å²) in [6, 6.07) is -0.508. The molecule has 19 heavy (non-hydrogen) atoms. The van der Waals surface area contributed by atoms with Crippen molar-refractivity contribution >= 4 is 17.8 Å². The number of imide groups is 1. The summed E-state index contributed by atoms with van der Waals surface area (Å²) in [5, 5.41) is 2.81. The summed E-state index contributed by atoms with van der Waals surface area (Å²) in [4.78, 5) is 36.7. The molecule has 1 unspecified atom stereocenters. The van der Waals surface area contributed by atoms with E-state index in [2.05, 4.69) is 5.32 Å². The lowest BCUT2D eigenvalue weighted by atomic mass is 10.2. The first-order chi connectivity index (χ1) is 9.13. The van der Waals surface area contributed by atoms with Crippen LogP contribution < -0.4 is 5.32 Å². The number of carbonyl (C=O) groups is 3. The zero-order chi connectivity index (χ0) is 13.8. The summed E-state index contributed by atoms with van der Waals surface area (Å²) < 4.78 is 4.78. The molecule has 1 aliphatic heterocycles. The zero-order valence-corrected chi connectivity index (χ0v) is 11.2. The van der Waals surface area contributed by atoms with Gasteiger partial charge in [-0.05, 0) is 19.8 Å². The molecule has 2 aliphatic rings. The molecule has 1 saturated heterocycles. The first-order valence-corrected chi connectivity index (χ1v) is 6.88. The van der Waals surface area contributed by atoms with Gasteiger partial charge >= 0.3 is 5.97 Å². The summed E-state index contributed by atoms with van der Waals surface area (Å²) in [7, 11) is 0. The molecule has 0 spiro atoms. The maximum atomic E-state index is 12.2. The summed E-state index contributed by atoms with van der Waals surface area (Å²) >= 11 is 0. The van der Waals surface area contributed by atoms with Crippen molar-refractivity contribution in [3.8, 4) is 0 Å². The number of hydrogen-bond donors (Lipinski definition) is 1. The van der Waals surface area contributed by atoms with E-state index in [0.29, 0.717) is 6.61 Å². The van der Waals surface area contributed by atoms with E-state index in [1.165, 1.54) is 4.90 Å². The summed E-state index contributed by atoms with van der Waals surface area (Å²) in [6.45, 7) is 2.01. The van der Waals surface area contributed by atoms with Crippen LogP contribution in [0.4, 0.5) is 0 Å². The summed E-state index contributed by atoms with van der Waals surface area (Å²) in [6.07, 6.45) is 4.10. The Labute approximate surface area is 112 Å². The fourth-order valence-corrected chi connectivity index (χ4v) is 2.78. The Bertz CT molecular complexity index is 377. The topological polar surface area (TPSA) is 75.7 Å². The van der Waals surface area contributed by atoms with Gasteiger partial charge in [-0.1, -0.05) is 12.8 Å². The van der Waals surface area contributed by atoms with Crippen LogP contribution >= 0.6 is 0 Å². The van der Waals surface area contributed by atoms with E-state index in [9.17, 15) is 14.4 Å². The number of carbonyl (C=O) groups excluding carboxylic acids is 3.